The van der Waals surface area contributed by atoms with E-state index < -0.39 is 0 Å². The highest BCUT2D eigenvalue weighted by atomic mass is 14.9. The van der Waals surface area contributed by atoms with Crippen LogP contribution in [0.5, 0.6) is 0 Å². The molecule has 0 spiro atoms. The van der Waals surface area contributed by atoms with Crippen molar-refractivity contribution >= 4 is 11.4 Å². The summed E-state index contributed by atoms with van der Waals surface area (Å²) in [6.07, 6.45) is 0. The molecule has 0 saturated carbocycles. The van der Waals surface area contributed by atoms with Gasteiger partial charge in [-0.15, -0.1) is 0 Å². The molecule has 1 heterocycles. The van der Waals surface area contributed by atoms with Gasteiger partial charge in [-0.1, -0.05) is 124 Å². The Bertz CT molecular complexity index is 1630. The van der Waals surface area contributed by atoms with Gasteiger partial charge in [0, 0.05) is 16.9 Å². The van der Waals surface area contributed by atoms with E-state index in [1.165, 1.54) is 50.3 Å². The van der Waals surface area contributed by atoms with Crippen molar-refractivity contribution in [2.75, 3.05) is 10.6 Å². The molecule has 1 aromatic heterocycles. The van der Waals surface area contributed by atoms with E-state index in [1.807, 2.05) is 0 Å². The van der Waals surface area contributed by atoms with Crippen molar-refractivity contribution in [3.63, 3.8) is 0 Å². The quantitative estimate of drug-likeness (QED) is 0.176. The minimum atomic E-state index is -0.0346. The summed E-state index contributed by atoms with van der Waals surface area (Å²) < 4.78 is 0. The van der Waals surface area contributed by atoms with Gasteiger partial charge in [0.15, 0.2) is 0 Å². The highest BCUT2D eigenvalue weighted by Crippen LogP contribution is 2.36. The number of rotatable bonds is 10. The predicted molar refractivity (Wildman–Crippen MR) is 184 cm³/mol. The molecule has 1 atom stereocenters. The monoisotopic (exact) mass is 567 g/mol. The number of nitrogens with zero attached hydrogens (tertiary/aromatic N) is 1. The van der Waals surface area contributed by atoms with Gasteiger partial charge < -0.3 is 10.6 Å². The minimum absolute atomic E-state index is 0.0346. The van der Waals surface area contributed by atoms with Gasteiger partial charge in [-0.25, -0.2) is 0 Å². The van der Waals surface area contributed by atoms with Crippen LogP contribution in [0.15, 0.2) is 103 Å². The van der Waals surface area contributed by atoms with E-state index in [-0.39, 0.29) is 6.04 Å². The third-order valence-corrected chi connectivity index (χ3v) is 8.27. The third kappa shape index (κ3) is 6.83. The predicted octanol–water partition coefficient (Wildman–Crippen LogP) is 10.7. The van der Waals surface area contributed by atoms with Crippen LogP contribution in [0.2, 0.25) is 0 Å². The number of hydrogen-bond acceptors (Lipinski definition) is 3. The van der Waals surface area contributed by atoms with Crippen molar-refractivity contribution in [2.24, 2.45) is 0 Å². The molecule has 4 aromatic carbocycles. The van der Waals surface area contributed by atoms with Crippen molar-refractivity contribution in [1.29, 1.82) is 0 Å². The number of hydrogen-bond donors (Lipinski definition) is 2. The Morgan fingerprint density at radius 3 is 1.84 bits per heavy atom. The van der Waals surface area contributed by atoms with Gasteiger partial charge in [0.25, 0.3) is 0 Å². The van der Waals surface area contributed by atoms with Crippen molar-refractivity contribution < 1.29 is 0 Å². The van der Waals surface area contributed by atoms with Crippen LogP contribution in [0.3, 0.4) is 0 Å². The lowest BCUT2D eigenvalue weighted by Crippen LogP contribution is -2.15. The van der Waals surface area contributed by atoms with E-state index in [0.29, 0.717) is 18.4 Å². The van der Waals surface area contributed by atoms with Gasteiger partial charge >= 0.3 is 0 Å². The Morgan fingerprint density at radius 2 is 1.19 bits per heavy atom. The van der Waals surface area contributed by atoms with Crippen LogP contribution in [0.4, 0.5) is 11.4 Å². The smallest absolute Gasteiger partial charge is 0.0774 e. The molecule has 1 unspecified atom stereocenters. The first-order valence-electron chi connectivity index (χ1n) is 15.5. The summed E-state index contributed by atoms with van der Waals surface area (Å²) in [4.78, 5) is 5.21. The van der Waals surface area contributed by atoms with Gasteiger partial charge in [0.1, 0.15) is 0 Å². The van der Waals surface area contributed by atoms with E-state index in [2.05, 4.69) is 162 Å². The number of nitrogens with one attached hydrogen (secondary N) is 2. The fraction of sp³-hybridized carbons (Fsp3) is 0.275. The molecule has 0 aliphatic carbocycles. The Hall–Kier alpha value is -4.37. The normalized spacial score (nSPS) is 12.0. The van der Waals surface area contributed by atoms with E-state index in [1.54, 1.807) is 0 Å². The standard InChI is InChI=1S/C40H45N3/c1-26(2)33-20-14-21-34(27(3)4)40(33)41-25-32-17-13-22-37(42-32)35-18-11-12-19-36(35)39(31-15-9-8-10-16-31)43-38-29(6)23-28(5)24-30(38)7/h8-24,26-27,39,41,43H,25H2,1-7H3. The fourth-order valence-electron chi connectivity index (χ4n) is 6.18. The number of aromatic nitrogens is 1. The zero-order valence-corrected chi connectivity index (χ0v) is 26.7. The highest BCUT2D eigenvalue weighted by Gasteiger charge is 2.21. The molecule has 3 heteroatoms. The van der Waals surface area contributed by atoms with Crippen LogP contribution in [0.25, 0.3) is 11.3 Å². The van der Waals surface area contributed by atoms with Crippen molar-refractivity contribution in [3.05, 3.63) is 148 Å². The number of para-hydroxylation sites is 1. The number of anilines is 2. The molecule has 0 amide bonds. The summed E-state index contributed by atoms with van der Waals surface area (Å²) in [5.74, 6) is 0.881. The Morgan fingerprint density at radius 1 is 0.605 bits per heavy atom. The molecule has 0 fully saturated rings. The highest BCUT2D eigenvalue weighted by molar-refractivity contribution is 5.69. The van der Waals surface area contributed by atoms with E-state index in [0.717, 1.165) is 17.0 Å². The van der Waals surface area contributed by atoms with Crippen LogP contribution in [0.1, 0.15) is 90.2 Å². The molecule has 0 radical (unpaired) electrons. The van der Waals surface area contributed by atoms with Gasteiger partial charge in [-0.3, -0.25) is 4.98 Å². The average molecular weight is 568 g/mol. The summed E-state index contributed by atoms with van der Waals surface area (Å²) in [5.41, 5.74) is 14.5. The lowest BCUT2D eigenvalue weighted by Gasteiger charge is -2.26. The second kappa shape index (κ2) is 13.3. The first kappa shape index (κ1) is 30.1. The topological polar surface area (TPSA) is 37.0 Å². The molecule has 0 aliphatic heterocycles. The Kier molecular flexibility index (Phi) is 9.31. The third-order valence-electron chi connectivity index (χ3n) is 8.27. The lowest BCUT2D eigenvalue weighted by atomic mass is 9.91. The zero-order valence-electron chi connectivity index (χ0n) is 26.7. The molecule has 43 heavy (non-hydrogen) atoms. The van der Waals surface area contributed by atoms with Gasteiger partial charge in [-0.2, -0.15) is 0 Å². The van der Waals surface area contributed by atoms with Crippen LogP contribution in [0, 0.1) is 20.8 Å². The first-order valence-corrected chi connectivity index (χ1v) is 15.5. The molecular formula is C40H45N3. The summed E-state index contributed by atoms with van der Waals surface area (Å²) in [6, 6.07) is 36.9. The lowest BCUT2D eigenvalue weighted by molar-refractivity contribution is 0.831. The number of pyridine rings is 1. The van der Waals surface area contributed by atoms with Crippen molar-refractivity contribution in [2.45, 2.75) is 72.9 Å². The second-order valence-corrected chi connectivity index (χ2v) is 12.3. The van der Waals surface area contributed by atoms with E-state index >= 15 is 0 Å². The molecule has 2 N–H and O–H groups in total. The average Bonchev–Trinajstić information content (AvgIpc) is 3.00. The maximum absolute atomic E-state index is 5.21. The summed E-state index contributed by atoms with van der Waals surface area (Å²) in [5, 5.41) is 7.72. The molecular weight excluding hydrogens is 522 g/mol. The molecule has 220 valence electrons. The number of aryl methyl sites for hydroxylation is 3. The first-order chi connectivity index (χ1) is 20.7. The maximum Gasteiger partial charge on any atom is 0.0774 e. The minimum Gasteiger partial charge on any atom is -0.379 e. The van der Waals surface area contributed by atoms with Crippen molar-refractivity contribution in [1.82, 2.24) is 4.98 Å². The van der Waals surface area contributed by atoms with Crippen LogP contribution < -0.4 is 10.6 Å². The van der Waals surface area contributed by atoms with Gasteiger partial charge in [0.2, 0.25) is 0 Å². The SMILES string of the molecule is Cc1cc(C)c(NC(c2ccccc2)c2ccccc2-c2cccc(CNc3c(C(C)C)cccc3C(C)C)n2)c(C)c1. The largest absolute Gasteiger partial charge is 0.379 e. The molecule has 0 aliphatic rings. The molecule has 3 nitrogen and oxygen atoms in total. The van der Waals surface area contributed by atoms with Gasteiger partial charge in [0.05, 0.1) is 24.0 Å². The molecule has 5 aromatic rings. The van der Waals surface area contributed by atoms with E-state index in [9.17, 15) is 0 Å². The molecule has 5 rings (SSSR count). The Labute approximate surface area is 258 Å². The Balaban J connectivity index is 1.52. The summed E-state index contributed by atoms with van der Waals surface area (Å²) in [6.45, 7) is 16.3. The van der Waals surface area contributed by atoms with Crippen LogP contribution in [-0.2, 0) is 6.54 Å². The van der Waals surface area contributed by atoms with Gasteiger partial charge in [-0.05, 0) is 78.1 Å². The molecule has 0 saturated heterocycles. The second-order valence-electron chi connectivity index (χ2n) is 12.3. The van der Waals surface area contributed by atoms with Crippen molar-refractivity contribution in [3.8, 4) is 11.3 Å². The number of benzene rings is 4. The fourth-order valence-corrected chi connectivity index (χ4v) is 6.18. The van der Waals surface area contributed by atoms with Crippen LogP contribution >= 0.6 is 0 Å². The summed E-state index contributed by atoms with van der Waals surface area (Å²) >= 11 is 0. The summed E-state index contributed by atoms with van der Waals surface area (Å²) in [7, 11) is 0. The molecule has 0 bridgehead atoms. The zero-order chi connectivity index (χ0) is 30.5. The van der Waals surface area contributed by atoms with Crippen LogP contribution in [-0.4, -0.2) is 4.98 Å². The maximum atomic E-state index is 5.21. The van der Waals surface area contributed by atoms with E-state index in [4.69, 9.17) is 4.98 Å².